The molecule has 0 heterocycles. The monoisotopic (exact) mass is 1960 g/mol. The number of unbranched alkanes of at least 4 members (excludes halogenated alkanes) is 56. The first-order valence-electron chi connectivity index (χ1n) is 43.2. The molecular weight excluding hydrogens is 1790 g/mol. The summed E-state index contributed by atoms with van der Waals surface area (Å²) in [4.78, 5) is 9.05. The van der Waals surface area contributed by atoms with Crippen LogP contribution in [0.2, 0.25) is 0 Å². The zero-order valence-electron chi connectivity index (χ0n) is 70.0. The Morgan fingerprint density at radius 2 is 0.236 bits per heavy atom. The summed E-state index contributed by atoms with van der Waals surface area (Å²) in [6, 6.07) is 0. The molecule has 0 aromatic heterocycles. The fourth-order valence-electron chi connectivity index (χ4n) is 12.7. The van der Waals surface area contributed by atoms with Crippen LogP contribution >= 0.6 is 48.9 Å². The first-order valence-corrected chi connectivity index (χ1v) is 48.9. The molecule has 0 fully saturated rings. The molecular formula is C84H168Mo3N4O3S12. The smallest absolute Gasteiger partial charge is 2.00 e. The van der Waals surface area contributed by atoms with Crippen molar-refractivity contribution in [1.82, 2.24) is 19.6 Å². The fourth-order valence-corrected chi connectivity index (χ4v) is 14.1. The molecule has 0 aliphatic rings. The molecule has 0 aromatic rings. The van der Waals surface area contributed by atoms with E-state index >= 15 is 0 Å². The standard InChI is InChI=1S/4C21H43NS2.3Mo.3O.4S/c4*1-3-5-7-9-11-13-15-17-19-22(21(23)24)20-18-16-14-12-10-8-6-4-2;;;;;;;;;;/h4*3-20H2,1-2H3,(H,23,24);;;;;;;;;;/q;;;;3*+4;;;;4*-2/p-4. The second kappa shape index (κ2) is 126. The van der Waals surface area contributed by atoms with Gasteiger partial charge in [0.15, 0.2) is 0 Å². The van der Waals surface area contributed by atoms with Crippen LogP contribution in [-0.2, 0) is 174 Å². The van der Waals surface area contributed by atoms with E-state index in [4.69, 9.17) is 110 Å². The molecule has 0 aliphatic heterocycles. The Morgan fingerprint density at radius 3 is 0.302 bits per heavy atom. The van der Waals surface area contributed by atoms with Crippen LogP contribution in [0.4, 0.5) is 0 Å². The van der Waals surface area contributed by atoms with Crippen molar-refractivity contribution in [3.63, 3.8) is 0 Å². The fraction of sp³-hybridized carbons (Fsp3) is 0.952. The van der Waals surface area contributed by atoms with Crippen molar-refractivity contribution in [3.8, 4) is 0 Å². The van der Waals surface area contributed by atoms with Gasteiger partial charge >= 0.3 is 69.5 Å². The van der Waals surface area contributed by atoms with Crippen LogP contribution in [-0.4, -0.2) is 89.2 Å². The summed E-state index contributed by atoms with van der Waals surface area (Å²) >= 11 is 44.1. The van der Waals surface area contributed by atoms with E-state index in [9.17, 15) is 0 Å². The molecule has 0 bridgehead atoms. The van der Waals surface area contributed by atoms with Gasteiger partial charge in [-0.25, -0.2) is 0 Å². The Kier molecular flexibility index (Phi) is 158. The third kappa shape index (κ3) is 123. The SMILES string of the molecule is CCCCCCCCCCN(CCCCCCCCCC)C(=S)[S-].CCCCCCCCCCN(CCCCCCCCCC)C(=S)[S-].CCCCCCCCCCN(CCCCCCCCCC)C(=S)[S-].CCCCCCCCCCN(CCCCCCCCCC)C(=S)[S-].[O]=[Mo+4].[O]=[Mo+4].[O]=[Mo+4].[S-2].[S-2].[S-2].[S-2]. The molecule has 106 heavy (non-hydrogen) atoms. The number of hydrogen-bond acceptors (Lipinski definition) is 11. The first-order chi connectivity index (χ1) is 49.9. The van der Waals surface area contributed by atoms with Gasteiger partial charge in [0.2, 0.25) is 0 Å². The van der Waals surface area contributed by atoms with Crippen LogP contribution < -0.4 is 0 Å². The Balaban J connectivity index is -0.000000121. The second-order valence-electron chi connectivity index (χ2n) is 28.8. The zero-order chi connectivity index (χ0) is 77.5. The average molecular weight is 1950 g/mol. The quantitative estimate of drug-likeness (QED) is 0.0251. The molecule has 7 nitrogen and oxygen atoms in total. The van der Waals surface area contributed by atoms with Gasteiger partial charge in [-0.3, -0.25) is 0 Å². The van der Waals surface area contributed by atoms with Gasteiger partial charge in [-0.1, -0.05) is 432 Å². The summed E-state index contributed by atoms with van der Waals surface area (Å²) < 4.78 is 27.5. The molecule has 0 atom stereocenters. The molecule has 0 N–H and O–H groups in total. The Morgan fingerprint density at radius 1 is 0.170 bits per heavy atom. The molecule has 632 valence electrons. The van der Waals surface area contributed by atoms with Crippen LogP contribution in [0.25, 0.3) is 0 Å². The molecule has 0 rings (SSSR count). The van der Waals surface area contributed by atoms with Crippen molar-refractivity contribution in [2.24, 2.45) is 0 Å². The average Bonchev–Trinajstić information content (AvgIpc) is 1.01. The van der Waals surface area contributed by atoms with E-state index in [2.05, 4.69) is 75.0 Å². The Labute approximate surface area is 769 Å². The number of rotatable bonds is 72. The molecule has 0 unspecified atom stereocenters. The van der Waals surface area contributed by atoms with Crippen LogP contribution in [0.5, 0.6) is 0 Å². The molecule has 0 aromatic carbocycles. The van der Waals surface area contributed by atoms with Crippen LogP contribution in [0.15, 0.2) is 0 Å². The van der Waals surface area contributed by atoms with Gasteiger partial charge in [0, 0.05) is 52.4 Å². The topological polar surface area (TPSA) is 64.2 Å². The maximum atomic E-state index is 8.26. The van der Waals surface area contributed by atoms with Crippen molar-refractivity contribution >= 4 is 171 Å². The van der Waals surface area contributed by atoms with E-state index < -0.39 is 0 Å². The van der Waals surface area contributed by atoms with E-state index in [1.807, 2.05) is 0 Å². The first kappa shape index (κ1) is 133. The van der Waals surface area contributed by atoms with E-state index in [0.29, 0.717) is 76.6 Å². The largest absolute Gasteiger partial charge is 2.00 e. The van der Waals surface area contributed by atoms with E-state index in [-0.39, 0.29) is 54.0 Å². The van der Waals surface area contributed by atoms with E-state index in [1.165, 1.54) is 411 Å². The molecule has 0 saturated heterocycles. The van der Waals surface area contributed by atoms with Gasteiger partial charge in [-0.2, -0.15) is 0 Å². The minimum atomic E-state index is 0. The third-order valence-corrected chi connectivity index (χ3v) is 21.4. The number of thiocarbonyl (C=S) groups is 4. The van der Waals surface area contributed by atoms with Gasteiger partial charge < -0.3 is 173 Å². The molecule has 0 amide bonds. The minimum Gasteiger partial charge on any atom is -2.00 e. The minimum absolute atomic E-state index is 0. The number of nitrogens with zero attached hydrogens (tertiary/aromatic N) is 4. The molecule has 0 saturated carbocycles. The summed E-state index contributed by atoms with van der Waals surface area (Å²) in [6.45, 7) is 26.8. The summed E-state index contributed by atoms with van der Waals surface area (Å²) in [7, 11) is 0. The maximum Gasteiger partial charge on any atom is -2.00 e. The van der Waals surface area contributed by atoms with E-state index in [1.54, 1.807) is 0 Å². The zero-order valence-corrected chi connectivity index (χ0v) is 85.9. The van der Waals surface area contributed by atoms with Gasteiger partial charge in [0.1, 0.15) is 0 Å². The Hall–Kier alpha value is 3.30. The van der Waals surface area contributed by atoms with Crippen molar-refractivity contribution in [1.29, 1.82) is 0 Å². The normalized spacial score (nSPS) is 10.1. The van der Waals surface area contributed by atoms with Crippen molar-refractivity contribution in [3.05, 3.63) is 0 Å². The summed E-state index contributed by atoms with van der Waals surface area (Å²) in [5, 5.41) is 0. The van der Waals surface area contributed by atoms with Crippen LogP contribution in [0, 0.1) is 0 Å². The summed E-state index contributed by atoms with van der Waals surface area (Å²) in [6.07, 6.45) is 87.4. The Bertz CT molecular complexity index is 1310. The molecule has 0 radical (unpaired) electrons. The van der Waals surface area contributed by atoms with Crippen LogP contribution in [0.1, 0.15) is 466 Å². The maximum absolute atomic E-state index is 8.26. The van der Waals surface area contributed by atoms with Crippen LogP contribution in [0.3, 0.4) is 0 Å². The predicted molar refractivity (Wildman–Crippen MR) is 499 cm³/mol. The van der Waals surface area contributed by atoms with Gasteiger partial charge in [-0.05, 0) is 51.4 Å². The molecule has 22 heteroatoms. The van der Waals surface area contributed by atoms with Gasteiger partial charge in [0.05, 0.1) is 0 Å². The van der Waals surface area contributed by atoms with Gasteiger partial charge in [-0.15, -0.1) is 0 Å². The van der Waals surface area contributed by atoms with Gasteiger partial charge in [0.25, 0.3) is 0 Å². The third-order valence-electron chi connectivity index (χ3n) is 19.3. The summed E-state index contributed by atoms with van der Waals surface area (Å²) in [5.74, 6) is 0. The summed E-state index contributed by atoms with van der Waals surface area (Å²) in [5.41, 5.74) is 0. The number of hydrogen-bond donors (Lipinski definition) is 0. The van der Waals surface area contributed by atoms with Crippen molar-refractivity contribution < 1.29 is 69.5 Å². The second-order valence-corrected chi connectivity index (χ2v) is 32.9. The van der Waals surface area contributed by atoms with Crippen molar-refractivity contribution in [2.75, 3.05) is 52.4 Å². The molecule has 0 spiro atoms. The molecule has 0 aliphatic carbocycles. The van der Waals surface area contributed by atoms with Crippen molar-refractivity contribution in [2.45, 2.75) is 466 Å². The predicted octanol–water partition coefficient (Wildman–Crippen LogP) is 29.2. The van der Waals surface area contributed by atoms with E-state index in [0.717, 1.165) is 52.4 Å².